The van der Waals surface area contributed by atoms with Crippen molar-refractivity contribution in [1.82, 2.24) is 0 Å². The zero-order chi connectivity index (χ0) is 57.8. The molecule has 0 radical (unpaired) electrons. The molecule has 0 fully saturated rings. The average Bonchev–Trinajstić information content (AvgIpc) is 3.46. The highest BCUT2D eigenvalue weighted by Gasteiger charge is 2.19. The highest BCUT2D eigenvalue weighted by molar-refractivity contribution is 5.71. The molecule has 0 aromatic heterocycles. The summed E-state index contributed by atoms with van der Waals surface area (Å²) in [4.78, 5) is 38.3. The number of hydrogen-bond donors (Lipinski definition) is 0. The van der Waals surface area contributed by atoms with Gasteiger partial charge in [-0.25, -0.2) is 0 Å². The summed E-state index contributed by atoms with van der Waals surface area (Å²) in [5, 5.41) is 0. The summed E-state index contributed by atoms with van der Waals surface area (Å²) >= 11 is 0. The van der Waals surface area contributed by atoms with Crippen molar-refractivity contribution < 1.29 is 28.6 Å². The van der Waals surface area contributed by atoms with Crippen molar-refractivity contribution in [3.8, 4) is 0 Å². The van der Waals surface area contributed by atoms with Gasteiger partial charge >= 0.3 is 17.9 Å². The average molecular weight is 1120 g/mol. The van der Waals surface area contributed by atoms with Gasteiger partial charge in [-0.3, -0.25) is 14.4 Å². The molecule has 0 aliphatic heterocycles. The Hall–Kier alpha value is -3.41. The van der Waals surface area contributed by atoms with Gasteiger partial charge in [0.25, 0.3) is 0 Å². The normalized spacial score (nSPS) is 12.6. The summed E-state index contributed by atoms with van der Waals surface area (Å²) in [7, 11) is 0. The number of carbonyl (C=O) groups excluding carboxylic acids is 3. The lowest BCUT2D eigenvalue weighted by atomic mass is 10.0. The number of rotatable bonds is 63. The minimum absolute atomic E-state index is 0.0745. The minimum atomic E-state index is -0.778. The molecule has 0 aliphatic rings. The molecular formula is C74H130O6. The van der Waals surface area contributed by atoms with Crippen molar-refractivity contribution in [2.24, 2.45) is 0 Å². The van der Waals surface area contributed by atoms with E-state index in [1.165, 1.54) is 212 Å². The number of ether oxygens (including phenoxy) is 3. The van der Waals surface area contributed by atoms with Crippen LogP contribution >= 0.6 is 0 Å². The fraction of sp³-hybridized carbons (Fsp3) is 0.770. The number of carbonyl (C=O) groups is 3. The van der Waals surface area contributed by atoms with Crippen molar-refractivity contribution >= 4 is 17.9 Å². The predicted molar refractivity (Wildman–Crippen MR) is 348 cm³/mol. The number of esters is 3. The van der Waals surface area contributed by atoms with Crippen molar-refractivity contribution in [2.45, 2.75) is 354 Å². The van der Waals surface area contributed by atoms with Crippen LogP contribution in [0.15, 0.2) is 85.1 Å². The molecule has 0 spiro atoms. The molecule has 0 aliphatic carbocycles. The Morgan fingerprint density at radius 1 is 0.263 bits per heavy atom. The lowest BCUT2D eigenvalue weighted by Crippen LogP contribution is -2.30. The van der Waals surface area contributed by atoms with Crippen molar-refractivity contribution in [1.29, 1.82) is 0 Å². The molecule has 80 heavy (non-hydrogen) atoms. The summed E-state index contributed by atoms with van der Waals surface area (Å²) in [5.41, 5.74) is 0. The fourth-order valence-corrected chi connectivity index (χ4v) is 9.97. The van der Waals surface area contributed by atoms with Gasteiger partial charge in [0, 0.05) is 19.3 Å². The summed E-state index contributed by atoms with van der Waals surface area (Å²) in [6.07, 6.45) is 90.4. The summed E-state index contributed by atoms with van der Waals surface area (Å²) in [6, 6.07) is 0. The van der Waals surface area contributed by atoms with Crippen LogP contribution in [0.1, 0.15) is 348 Å². The number of unbranched alkanes of at least 4 members (excludes halogenated alkanes) is 38. The van der Waals surface area contributed by atoms with E-state index in [1.54, 1.807) is 0 Å². The van der Waals surface area contributed by atoms with Gasteiger partial charge in [-0.05, 0) is 96.3 Å². The highest BCUT2D eigenvalue weighted by Crippen LogP contribution is 2.17. The molecule has 6 nitrogen and oxygen atoms in total. The van der Waals surface area contributed by atoms with Crippen molar-refractivity contribution in [3.63, 3.8) is 0 Å². The number of hydrogen-bond acceptors (Lipinski definition) is 6. The molecule has 0 aromatic rings. The smallest absolute Gasteiger partial charge is 0.306 e. The Balaban J connectivity index is 4.19. The van der Waals surface area contributed by atoms with Gasteiger partial charge in [-0.2, -0.15) is 0 Å². The van der Waals surface area contributed by atoms with Gasteiger partial charge in [-0.15, -0.1) is 0 Å². The first-order chi connectivity index (χ1) is 39.5. The first-order valence-corrected chi connectivity index (χ1v) is 34.6. The van der Waals surface area contributed by atoms with Crippen LogP contribution < -0.4 is 0 Å². The highest BCUT2D eigenvalue weighted by atomic mass is 16.6. The van der Waals surface area contributed by atoms with Crippen LogP contribution in [0.2, 0.25) is 0 Å². The molecular weight excluding hydrogens is 985 g/mol. The molecule has 1 atom stereocenters. The van der Waals surface area contributed by atoms with Crippen LogP contribution in [0.25, 0.3) is 0 Å². The first-order valence-electron chi connectivity index (χ1n) is 34.6. The molecule has 0 aromatic carbocycles. The zero-order valence-corrected chi connectivity index (χ0v) is 53.1. The Labute approximate surface area is 496 Å². The second-order valence-electron chi connectivity index (χ2n) is 23.1. The van der Waals surface area contributed by atoms with Crippen LogP contribution in [0.5, 0.6) is 0 Å². The monoisotopic (exact) mass is 1110 g/mol. The lowest BCUT2D eigenvalue weighted by Gasteiger charge is -2.18. The maximum Gasteiger partial charge on any atom is 0.306 e. The third-order valence-electron chi connectivity index (χ3n) is 15.1. The Morgan fingerprint density at radius 3 is 0.762 bits per heavy atom. The third kappa shape index (κ3) is 65.4. The Bertz CT molecular complexity index is 1520. The first kappa shape index (κ1) is 76.6. The topological polar surface area (TPSA) is 78.9 Å². The molecule has 6 heteroatoms. The predicted octanol–water partition coefficient (Wildman–Crippen LogP) is 23.8. The van der Waals surface area contributed by atoms with Crippen LogP contribution in [-0.2, 0) is 28.6 Å². The lowest BCUT2D eigenvalue weighted by molar-refractivity contribution is -0.167. The quantitative estimate of drug-likeness (QED) is 0.0261. The second kappa shape index (κ2) is 68.1. The summed E-state index contributed by atoms with van der Waals surface area (Å²) in [5.74, 6) is -0.865. The van der Waals surface area contributed by atoms with E-state index in [9.17, 15) is 14.4 Å². The maximum atomic E-state index is 12.9. The van der Waals surface area contributed by atoms with E-state index in [0.29, 0.717) is 19.3 Å². The third-order valence-corrected chi connectivity index (χ3v) is 15.1. The van der Waals surface area contributed by atoms with E-state index in [-0.39, 0.29) is 31.1 Å². The van der Waals surface area contributed by atoms with E-state index in [1.807, 2.05) is 0 Å². The largest absolute Gasteiger partial charge is 0.462 e. The van der Waals surface area contributed by atoms with E-state index in [2.05, 4.69) is 106 Å². The van der Waals surface area contributed by atoms with Gasteiger partial charge < -0.3 is 14.2 Å². The Morgan fingerprint density at radius 2 is 0.487 bits per heavy atom. The van der Waals surface area contributed by atoms with Crippen LogP contribution in [0.3, 0.4) is 0 Å². The molecule has 0 saturated carbocycles. The molecule has 0 rings (SSSR count). The van der Waals surface area contributed by atoms with Gasteiger partial charge in [0.15, 0.2) is 6.10 Å². The zero-order valence-electron chi connectivity index (χ0n) is 53.1. The SMILES string of the molecule is CC/C=C\C/C=C\C/C=C\C/C=C\CCCCCCCCCCCCC(=O)OC(COC(=O)CCCCCCCCCCCC)COC(=O)CCCCCCCCCCCCCCCC/C=C\C/C=C\C/C=C\CCCCCCC. The van der Waals surface area contributed by atoms with Crippen LogP contribution in [0, 0.1) is 0 Å². The molecule has 0 bridgehead atoms. The van der Waals surface area contributed by atoms with E-state index in [0.717, 1.165) is 96.3 Å². The molecule has 462 valence electrons. The van der Waals surface area contributed by atoms with E-state index >= 15 is 0 Å². The number of allylic oxidation sites excluding steroid dienone is 14. The van der Waals surface area contributed by atoms with Gasteiger partial charge in [-0.1, -0.05) is 318 Å². The minimum Gasteiger partial charge on any atom is -0.462 e. The van der Waals surface area contributed by atoms with Gasteiger partial charge in [0.2, 0.25) is 0 Å². The Kier molecular flexibility index (Phi) is 65.2. The van der Waals surface area contributed by atoms with Gasteiger partial charge in [0.05, 0.1) is 0 Å². The molecule has 0 amide bonds. The molecule has 0 N–H and O–H groups in total. The van der Waals surface area contributed by atoms with Gasteiger partial charge in [0.1, 0.15) is 13.2 Å². The maximum absolute atomic E-state index is 12.9. The van der Waals surface area contributed by atoms with E-state index in [4.69, 9.17) is 14.2 Å². The molecule has 0 heterocycles. The fourth-order valence-electron chi connectivity index (χ4n) is 9.97. The standard InChI is InChI=1S/C74H130O6/c1-4-7-10-13-16-19-22-24-26-28-30-32-34-35-36-37-38-39-41-42-44-46-48-50-52-55-58-61-64-67-73(76)79-70-71(69-78-72(75)66-63-60-57-54-21-18-15-12-9-6-3)80-74(77)68-65-62-59-56-53-51-49-47-45-43-40-33-31-29-27-25-23-20-17-14-11-8-5-2/h8,11,17,20,22,24-25,27-28,30-31,33-35,71H,4-7,9-10,12-16,18-19,21,23,26,29,32,36-70H2,1-3H3/b11-8-,20-17-,24-22-,27-25-,30-28-,33-31-,35-34-. The van der Waals surface area contributed by atoms with Crippen molar-refractivity contribution in [3.05, 3.63) is 85.1 Å². The van der Waals surface area contributed by atoms with Crippen LogP contribution in [0.4, 0.5) is 0 Å². The summed E-state index contributed by atoms with van der Waals surface area (Å²) < 4.78 is 16.9. The van der Waals surface area contributed by atoms with E-state index < -0.39 is 6.10 Å². The van der Waals surface area contributed by atoms with Crippen molar-refractivity contribution in [2.75, 3.05) is 13.2 Å². The van der Waals surface area contributed by atoms with Crippen LogP contribution in [-0.4, -0.2) is 37.2 Å². The molecule has 0 saturated heterocycles. The second-order valence-corrected chi connectivity index (χ2v) is 23.1. The summed E-state index contributed by atoms with van der Waals surface area (Å²) in [6.45, 7) is 6.54. The molecule has 1 unspecified atom stereocenters.